The molecule has 1 aromatic carbocycles. The number of nitrogens with two attached hydrogens (primary N) is 1. The summed E-state index contributed by atoms with van der Waals surface area (Å²) < 4.78 is 10.9. The van der Waals surface area contributed by atoms with E-state index in [4.69, 9.17) is 14.9 Å². The lowest BCUT2D eigenvalue weighted by atomic mass is 10.2. The minimum atomic E-state index is 0.278. The average Bonchev–Trinajstić information content (AvgIpc) is 2.77. The number of benzene rings is 1. The van der Waals surface area contributed by atoms with Crippen LogP contribution in [0.4, 0.5) is 0 Å². The van der Waals surface area contributed by atoms with E-state index in [1.807, 2.05) is 31.2 Å². The number of hydrogen-bond donors (Lipinski definition) is 1. The van der Waals surface area contributed by atoms with Gasteiger partial charge in [-0.25, -0.2) is 0 Å². The van der Waals surface area contributed by atoms with E-state index in [2.05, 4.69) is 10.2 Å². The molecule has 2 rings (SSSR count). The van der Waals surface area contributed by atoms with Gasteiger partial charge < -0.3 is 14.9 Å². The summed E-state index contributed by atoms with van der Waals surface area (Å²) in [6.07, 6.45) is 0.595. The Kier molecular flexibility index (Phi) is 3.72. The molecule has 0 saturated carbocycles. The first-order valence-electron chi connectivity index (χ1n) is 5.48. The van der Waals surface area contributed by atoms with Crippen LogP contribution in [0.3, 0.4) is 0 Å². The summed E-state index contributed by atoms with van der Waals surface area (Å²) in [5.74, 6) is 1.80. The third-order valence-electron chi connectivity index (χ3n) is 2.25. The van der Waals surface area contributed by atoms with E-state index < -0.39 is 0 Å². The van der Waals surface area contributed by atoms with Crippen molar-refractivity contribution in [3.05, 3.63) is 41.6 Å². The van der Waals surface area contributed by atoms with Crippen LogP contribution in [0.2, 0.25) is 0 Å². The fourth-order valence-corrected chi connectivity index (χ4v) is 1.35. The van der Waals surface area contributed by atoms with Gasteiger partial charge in [0.25, 0.3) is 5.89 Å². The molecule has 0 aliphatic heterocycles. The molecule has 90 valence electrons. The van der Waals surface area contributed by atoms with Crippen molar-refractivity contribution in [1.82, 2.24) is 10.2 Å². The summed E-state index contributed by atoms with van der Waals surface area (Å²) in [6.45, 7) is 2.81. The van der Waals surface area contributed by atoms with Crippen LogP contribution in [0.25, 0.3) is 0 Å². The maximum atomic E-state index is 5.51. The van der Waals surface area contributed by atoms with Crippen molar-refractivity contribution in [3.63, 3.8) is 0 Å². The molecule has 5 nitrogen and oxygen atoms in total. The minimum absolute atomic E-state index is 0.278. The molecule has 0 aliphatic rings. The second kappa shape index (κ2) is 5.45. The van der Waals surface area contributed by atoms with Gasteiger partial charge in [0.2, 0.25) is 5.89 Å². The Labute approximate surface area is 99.6 Å². The summed E-state index contributed by atoms with van der Waals surface area (Å²) in [4.78, 5) is 0. The molecule has 0 amide bonds. The SMILES string of the molecule is Cc1ccc(OCc2nnc(CCN)o2)cc1. The normalized spacial score (nSPS) is 10.5. The number of aromatic nitrogens is 2. The van der Waals surface area contributed by atoms with Gasteiger partial charge in [-0.05, 0) is 19.1 Å². The van der Waals surface area contributed by atoms with Crippen LogP contribution >= 0.6 is 0 Å². The van der Waals surface area contributed by atoms with Gasteiger partial charge in [0.15, 0.2) is 6.61 Å². The first-order valence-corrected chi connectivity index (χ1v) is 5.48. The Morgan fingerprint density at radius 1 is 1.18 bits per heavy atom. The van der Waals surface area contributed by atoms with Gasteiger partial charge in [0.1, 0.15) is 5.75 Å². The van der Waals surface area contributed by atoms with Crippen molar-refractivity contribution in [1.29, 1.82) is 0 Å². The van der Waals surface area contributed by atoms with Crippen molar-refractivity contribution in [3.8, 4) is 5.75 Å². The van der Waals surface area contributed by atoms with Gasteiger partial charge in [-0.2, -0.15) is 0 Å². The molecular formula is C12H15N3O2. The van der Waals surface area contributed by atoms with Crippen molar-refractivity contribution in [2.24, 2.45) is 5.73 Å². The molecule has 0 atom stereocenters. The highest BCUT2D eigenvalue weighted by Crippen LogP contribution is 2.13. The Balaban J connectivity index is 1.90. The van der Waals surface area contributed by atoms with Gasteiger partial charge in [0.05, 0.1) is 0 Å². The van der Waals surface area contributed by atoms with Crippen molar-refractivity contribution >= 4 is 0 Å². The fraction of sp³-hybridized carbons (Fsp3) is 0.333. The molecule has 2 aromatic rings. The van der Waals surface area contributed by atoms with Crippen molar-refractivity contribution < 1.29 is 9.15 Å². The topological polar surface area (TPSA) is 74.2 Å². The molecule has 0 aliphatic carbocycles. The lowest BCUT2D eigenvalue weighted by Crippen LogP contribution is -2.02. The maximum absolute atomic E-state index is 5.51. The molecule has 2 N–H and O–H groups in total. The maximum Gasteiger partial charge on any atom is 0.253 e. The first-order chi connectivity index (χ1) is 8.28. The summed E-state index contributed by atoms with van der Waals surface area (Å²) in [5.41, 5.74) is 6.58. The zero-order valence-electron chi connectivity index (χ0n) is 9.72. The standard InChI is InChI=1S/C12H15N3O2/c1-9-2-4-10(5-3-9)16-8-12-15-14-11(17-12)6-7-13/h2-5H,6-8,13H2,1H3. The molecule has 0 radical (unpaired) electrons. The van der Waals surface area contributed by atoms with Gasteiger partial charge in [-0.15, -0.1) is 10.2 Å². The molecule has 5 heteroatoms. The third-order valence-corrected chi connectivity index (χ3v) is 2.25. The monoisotopic (exact) mass is 233 g/mol. The van der Waals surface area contributed by atoms with Crippen LogP contribution in [0, 0.1) is 6.92 Å². The quantitative estimate of drug-likeness (QED) is 0.846. The molecular weight excluding hydrogens is 218 g/mol. The van der Waals surface area contributed by atoms with E-state index in [1.165, 1.54) is 5.56 Å². The van der Waals surface area contributed by atoms with Crippen LogP contribution < -0.4 is 10.5 Å². The second-order valence-electron chi connectivity index (χ2n) is 3.73. The summed E-state index contributed by atoms with van der Waals surface area (Å²) in [7, 11) is 0. The van der Waals surface area contributed by atoms with Crippen LogP contribution in [0.5, 0.6) is 5.75 Å². The van der Waals surface area contributed by atoms with E-state index >= 15 is 0 Å². The molecule has 17 heavy (non-hydrogen) atoms. The second-order valence-corrected chi connectivity index (χ2v) is 3.73. The van der Waals surface area contributed by atoms with Crippen LogP contribution in [-0.2, 0) is 13.0 Å². The number of hydrogen-bond acceptors (Lipinski definition) is 5. The van der Waals surface area contributed by atoms with Gasteiger partial charge >= 0.3 is 0 Å². The van der Waals surface area contributed by atoms with E-state index in [1.54, 1.807) is 0 Å². The first kappa shape index (κ1) is 11.6. The predicted molar refractivity (Wildman–Crippen MR) is 62.6 cm³/mol. The van der Waals surface area contributed by atoms with Crippen molar-refractivity contribution in [2.75, 3.05) is 6.54 Å². The molecule has 1 aromatic heterocycles. The Morgan fingerprint density at radius 2 is 1.88 bits per heavy atom. The number of ether oxygens (including phenoxy) is 1. The highest BCUT2D eigenvalue weighted by atomic mass is 16.5. The molecule has 0 bridgehead atoms. The van der Waals surface area contributed by atoms with Crippen LogP contribution in [0.15, 0.2) is 28.7 Å². The Morgan fingerprint density at radius 3 is 2.59 bits per heavy atom. The lowest BCUT2D eigenvalue weighted by molar-refractivity contribution is 0.259. The van der Waals surface area contributed by atoms with Crippen LogP contribution in [-0.4, -0.2) is 16.7 Å². The molecule has 1 heterocycles. The van der Waals surface area contributed by atoms with Gasteiger partial charge in [-0.1, -0.05) is 17.7 Å². The molecule has 0 unspecified atom stereocenters. The zero-order chi connectivity index (χ0) is 12.1. The Bertz CT molecular complexity index is 465. The number of nitrogens with zero attached hydrogens (tertiary/aromatic N) is 2. The summed E-state index contributed by atoms with van der Waals surface area (Å²) in [6, 6.07) is 7.80. The minimum Gasteiger partial charge on any atom is -0.484 e. The fourth-order valence-electron chi connectivity index (χ4n) is 1.35. The highest BCUT2D eigenvalue weighted by molar-refractivity contribution is 5.26. The van der Waals surface area contributed by atoms with E-state index in [0.717, 1.165) is 5.75 Å². The van der Waals surface area contributed by atoms with E-state index in [0.29, 0.717) is 24.7 Å². The van der Waals surface area contributed by atoms with E-state index in [9.17, 15) is 0 Å². The number of aryl methyl sites for hydroxylation is 1. The largest absolute Gasteiger partial charge is 0.484 e. The summed E-state index contributed by atoms with van der Waals surface area (Å²) >= 11 is 0. The number of rotatable bonds is 5. The molecule has 0 spiro atoms. The smallest absolute Gasteiger partial charge is 0.253 e. The van der Waals surface area contributed by atoms with Crippen LogP contribution in [0.1, 0.15) is 17.3 Å². The highest BCUT2D eigenvalue weighted by Gasteiger charge is 2.05. The van der Waals surface area contributed by atoms with Gasteiger partial charge in [0, 0.05) is 13.0 Å². The molecule has 0 fully saturated rings. The summed E-state index contributed by atoms with van der Waals surface area (Å²) in [5, 5.41) is 7.73. The van der Waals surface area contributed by atoms with E-state index in [-0.39, 0.29) is 6.61 Å². The average molecular weight is 233 g/mol. The van der Waals surface area contributed by atoms with Gasteiger partial charge in [-0.3, -0.25) is 0 Å². The predicted octanol–water partition coefficient (Wildman–Crippen LogP) is 1.46. The Hall–Kier alpha value is -1.88. The third kappa shape index (κ3) is 3.29. The van der Waals surface area contributed by atoms with Crippen molar-refractivity contribution in [2.45, 2.75) is 20.0 Å². The molecule has 0 saturated heterocycles. The zero-order valence-corrected chi connectivity index (χ0v) is 9.72. The lowest BCUT2D eigenvalue weighted by Gasteiger charge is -2.02.